The number of aromatic nitrogens is 1. The number of amides is 1. The zero-order valence-electron chi connectivity index (χ0n) is 10.5. The van der Waals surface area contributed by atoms with Gasteiger partial charge >= 0.3 is 0 Å². The first-order valence-electron chi connectivity index (χ1n) is 5.57. The summed E-state index contributed by atoms with van der Waals surface area (Å²) in [6, 6.07) is 5.57. The van der Waals surface area contributed by atoms with Gasteiger partial charge in [0.15, 0.2) is 11.6 Å². The summed E-state index contributed by atoms with van der Waals surface area (Å²) < 4.78 is 18.8. The lowest BCUT2D eigenvalue weighted by molar-refractivity contribution is 0.102. The number of methoxy groups -OCH3 is 1. The van der Waals surface area contributed by atoms with Gasteiger partial charge in [-0.2, -0.15) is 0 Å². The van der Waals surface area contributed by atoms with Crippen molar-refractivity contribution in [1.82, 2.24) is 4.98 Å². The number of rotatable bonds is 3. The fourth-order valence-electron chi connectivity index (χ4n) is 1.57. The van der Waals surface area contributed by atoms with Crippen molar-refractivity contribution in [2.45, 2.75) is 0 Å². The maximum atomic E-state index is 13.3. The van der Waals surface area contributed by atoms with Gasteiger partial charge in [-0.25, -0.2) is 9.37 Å². The van der Waals surface area contributed by atoms with Gasteiger partial charge in [0, 0.05) is 22.4 Å². The van der Waals surface area contributed by atoms with E-state index >= 15 is 0 Å². The highest BCUT2D eigenvalue weighted by molar-refractivity contribution is 9.10. The number of hydrogen-bond donors (Lipinski definition) is 2. The molecule has 1 amide bonds. The first-order valence-corrected chi connectivity index (χ1v) is 6.36. The second kappa shape index (κ2) is 5.87. The maximum Gasteiger partial charge on any atom is 0.259 e. The highest BCUT2D eigenvalue weighted by Crippen LogP contribution is 2.23. The molecule has 2 aromatic rings. The second-order valence-corrected chi connectivity index (χ2v) is 4.81. The van der Waals surface area contributed by atoms with Crippen LogP contribution in [0.3, 0.4) is 0 Å². The summed E-state index contributed by atoms with van der Waals surface area (Å²) in [5, 5.41) is 2.60. The molecule has 0 fully saturated rings. The van der Waals surface area contributed by atoms with Crippen molar-refractivity contribution in [3.63, 3.8) is 0 Å². The van der Waals surface area contributed by atoms with Crippen LogP contribution in [0.4, 0.5) is 15.9 Å². The molecule has 1 aromatic heterocycles. The molecule has 0 radical (unpaired) electrons. The van der Waals surface area contributed by atoms with Gasteiger partial charge < -0.3 is 15.8 Å². The van der Waals surface area contributed by atoms with E-state index < -0.39 is 11.7 Å². The quantitative estimate of drug-likeness (QED) is 0.901. The van der Waals surface area contributed by atoms with E-state index in [0.717, 1.165) is 0 Å². The Morgan fingerprint density at radius 3 is 2.90 bits per heavy atom. The van der Waals surface area contributed by atoms with Crippen molar-refractivity contribution in [3.05, 3.63) is 46.3 Å². The van der Waals surface area contributed by atoms with Crippen molar-refractivity contribution in [3.8, 4) is 5.75 Å². The Hall–Kier alpha value is -2.15. The number of benzene rings is 1. The van der Waals surface area contributed by atoms with Gasteiger partial charge in [-0.05, 0) is 34.1 Å². The Labute approximate surface area is 123 Å². The van der Waals surface area contributed by atoms with Gasteiger partial charge in [0.25, 0.3) is 5.91 Å². The van der Waals surface area contributed by atoms with Crippen LogP contribution in [0, 0.1) is 5.82 Å². The topological polar surface area (TPSA) is 77.2 Å². The molecule has 0 bridgehead atoms. The van der Waals surface area contributed by atoms with Crippen LogP contribution in [0.5, 0.6) is 5.75 Å². The second-order valence-electron chi connectivity index (χ2n) is 3.89. The number of hydrogen-bond acceptors (Lipinski definition) is 4. The van der Waals surface area contributed by atoms with Crippen LogP contribution in [0.15, 0.2) is 34.9 Å². The molecule has 0 saturated heterocycles. The van der Waals surface area contributed by atoms with Gasteiger partial charge in [0.2, 0.25) is 0 Å². The van der Waals surface area contributed by atoms with E-state index in [1.54, 1.807) is 6.07 Å². The van der Waals surface area contributed by atoms with Gasteiger partial charge in [-0.3, -0.25) is 4.79 Å². The normalized spacial score (nSPS) is 10.2. The number of carbonyl (C=O) groups is 1. The van der Waals surface area contributed by atoms with Crippen molar-refractivity contribution in [2.24, 2.45) is 0 Å². The van der Waals surface area contributed by atoms with Crippen LogP contribution in [0.25, 0.3) is 0 Å². The minimum absolute atomic E-state index is 0.0446. The van der Waals surface area contributed by atoms with Crippen LogP contribution in [-0.4, -0.2) is 18.0 Å². The Morgan fingerprint density at radius 2 is 2.20 bits per heavy atom. The SMILES string of the molecule is COc1cc(NC(=O)c2cc(Br)cnc2N)ccc1F. The molecule has 104 valence electrons. The number of pyridine rings is 1. The third-order valence-electron chi connectivity index (χ3n) is 2.54. The van der Waals surface area contributed by atoms with Crippen molar-refractivity contribution in [2.75, 3.05) is 18.2 Å². The van der Waals surface area contributed by atoms with Gasteiger partial charge in [-0.1, -0.05) is 0 Å². The summed E-state index contributed by atoms with van der Waals surface area (Å²) in [5.41, 5.74) is 6.27. The Bertz CT molecular complexity index is 664. The third kappa shape index (κ3) is 3.05. The molecule has 0 aliphatic carbocycles. The predicted molar refractivity (Wildman–Crippen MR) is 77.3 cm³/mol. The Balaban J connectivity index is 2.25. The predicted octanol–water partition coefficient (Wildman–Crippen LogP) is 2.83. The zero-order valence-corrected chi connectivity index (χ0v) is 12.1. The smallest absolute Gasteiger partial charge is 0.259 e. The average Bonchev–Trinajstić information content (AvgIpc) is 2.43. The molecule has 0 aliphatic heterocycles. The van der Waals surface area contributed by atoms with Gasteiger partial charge in [-0.15, -0.1) is 0 Å². The van der Waals surface area contributed by atoms with E-state index in [9.17, 15) is 9.18 Å². The van der Waals surface area contributed by atoms with Crippen molar-refractivity contribution in [1.29, 1.82) is 0 Å². The Kier molecular flexibility index (Phi) is 4.19. The van der Waals surface area contributed by atoms with Crippen molar-refractivity contribution < 1.29 is 13.9 Å². The first kappa shape index (κ1) is 14.3. The van der Waals surface area contributed by atoms with Crippen molar-refractivity contribution >= 4 is 33.3 Å². The molecular formula is C13H11BrFN3O2. The lowest BCUT2D eigenvalue weighted by atomic mass is 10.2. The third-order valence-corrected chi connectivity index (χ3v) is 2.97. The number of ether oxygens (including phenoxy) is 1. The minimum Gasteiger partial charge on any atom is -0.494 e. The highest BCUT2D eigenvalue weighted by Gasteiger charge is 2.13. The highest BCUT2D eigenvalue weighted by atomic mass is 79.9. The monoisotopic (exact) mass is 339 g/mol. The summed E-state index contributed by atoms with van der Waals surface area (Å²) in [5.74, 6) is -0.790. The number of anilines is 2. The van der Waals surface area contributed by atoms with E-state index in [0.29, 0.717) is 10.2 Å². The summed E-state index contributed by atoms with van der Waals surface area (Å²) in [6.45, 7) is 0. The number of nitrogens with two attached hydrogens (primary N) is 1. The molecule has 0 aliphatic rings. The lowest BCUT2D eigenvalue weighted by Crippen LogP contribution is -2.15. The molecule has 0 spiro atoms. The van der Waals surface area contributed by atoms with Crippen LogP contribution in [-0.2, 0) is 0 Å². The molecule has 7 heteroatoms. The number of nitrogens with zero attached hydrogens (tertiary/aromatic N) is 1. The van der Waals surface area contributed by atoms with Gasteiger partial charge in [0.1, 0.15) is 5.82 Å². The van der Waals surface area contributed by atoms with E-state index in [2.05, 4.69) is 26.2 Å². The standard InChI is InChI=1S/C13H11BrFN3O2/c1-20-11-5-8(2-3-10(11)15)18-13(19)9-4-7(14)6-17-12(9)16/h2-6H,1H3,(H2,16,17)(H,18,19). The zero-order chi connectivity index (χ0) is 14.7. The van der Waals surface area contributed by atoms with E-state index in [4.69, 9.17) is 10.5 Å². The molecule has 0 unspecified atom stereocenters. The Morgan fingerprint density at radius 1 is 1.45 bits per heavy atom. The van der Waals surface area contributed by atoms with Gasteiger partial charge in [0.05, 0.1) is 12.7 Å². The van der Waals surface area contributed by atoms with E-state index in [1.807, 2.05) is 0 Å². The maximum absolute atomic E-state index is 13.3. The van der Waals surface area contributed by atoms with Crippen LogP contribution >= 0.6 is 15.9 Å². The number of nitrogens with one attached hydrogen (secondary N) is 1. The van der Waals surface area contributed by atoms with Crippen LogP contribution in [0.1, 0.15) is 10.4 Å². The summed E-state index contributed by atoms with van der Waals surface area (Å²) in [7, 11) is 1.35. The number of nitrogen functional groups attached to an aromatic ring is 1. The molecular weight excluding hydrogens is 329 g/mol. The lowest BCUT2D eigenvalue weighted by Gasteiger charge is -2.09. The number of halogens is 2. The summed E-state index contributed by atoms with van der Waals surface area (Å²) in [6.07, 6.45) is 1.49. The summed E-state index contributed by atoms with van der Waals surface area (Å²) in [4.78, 5) is 16.0. The summed E-state index contributed by atoms with van der Waals surface area (Å²) >= 11 is 3.21. The average molecular weight is 340 g/mol. The molecule has 2 rings (SSSR count). The largest absolute Gasteiger partial charge is 0.494 e. The molecule has 5 nitrogen and oxygen atoms in total. The van der Waals surface area contributed by atoms with Crippen LogP contribution < -0.4 is 15.8 Å². The molecule has 3 N–H and O–H groups in total. The minimum atomic E-state index is -0.505. The number of carbonyl (C=O) groups excluding carboxylic acids is 1. The van der Waals surface area contributed by atoms with E-state index in [-0.39, 0.29) is 17.1 Å². The molecule has 1 heterocycles. The van der Waals surface area contributed by atoms with Crippen LogP contribution in [0.2, 0.25) is 0 Å². The molecule has 0 atom stereocenters. The fourth-order valence-corrected chi connectivity index (χ4v) is 1.90. The van der Waals surface area contributed by atoms with E-state index in [1.165, 1.54) is 31.5 Å². The first-order chi connectivity index (χ1) is 9.51. The fraction of sp³-hybridized carbons (Fsp3) is 0.0769. The molecule has 20 heavy (non-hydrogen) atoms. The molecule has 0 saturated carbocycles. The molecule has 1 aromatic carbocycles.